The molecule has 0 bridgehead atoms. The number of hydrogen-bond donors (Lipinski definition) is 2. The lowest BCUT2D eigenvalue weighted by Crippen LogP contribution is -2.51. The van der Waals surface area contributed by atoms with Crippen LogP contribution in [0, 0.1) is 0 Å². The molecule has 0 saturated carbocycles. The lowest BCUT2D eigenvalue weighted by Gasteiger charge is -2.27. The normalized spacial score (nSPS) is 11.6. The summed E-state index contributed by atoms with van der Waals surface area (Å²) >= 11 is 1.59. The second kappa shape index (κ2) is 12.3. The van der Waals surface area contributed by atoms with Crippen LogP contribution in [0.3, 0.4) is 0 Å². The second-order valence-corrected chi connectivity index (χ2v) is 7.57. The average Bonchev–Trinajstić information content (AvgIpc) is 2.67. The Hall–Kier alpha value is -2.22. The molecule has 0 spiro atoms. The van der Waals surface area contributed by atoms with Crippen LogP contribution in [-0.4, -0.2) is 66.9 Å². The van der Waals surface area contributed by atoms with Crippen LogP contribution < -0.4 is 15.4 Å². The Balaban J connectivity index is 2.93. The number of ether oxygens (including phenoxy) is 1. The Kier molecular flexibility index (Phi) is 10.4. The highest BCUT2D eigenvalue weighted by Crippen LogP contribution is 2.17. The number of nitrogens with one attached hydrogen (secondary N) is 2. The summed E-state index contributed by atoms with van der Waals surface area (Å²) in [5, 5.41) is 5.60. The molecule has 0 heterocycles. The largest absolute Gasteiger partial charge is 0.496 e. The molecule has 1 aromatic carbocycles. The number of hydrogen-bond acceptors (Lipinski definition) is 5. The van der Waals surface area contributed by atoms with Crippen molar-refractivity contribution < 1.29 is 19.1 Å². The van der Waals surface area contributed by atoms with Gasteiger partial charge in [-0.3, -0.25) is 14.4 Å². The SMILES string of the molecule is CCN(CC(=O)NC(C)C)C(=O)[C@@H](CCSC)NC(=O)c1ccccc1OC. The molecule has 7 nitrogen and oxygen atoms in total. The highest BCUT2D eigenvalue weighted by molar-refractivity contribution is 7.98. The van der Waals surface area contributed by atoms with E-state index in [4.69, 9.17) is 4.74 Å². The number of likely N-dealkylation sites (N-methyl/N-ethyl adjacent to an activating group) is 1. The summed E-state index contributed by atoms with van der Waals surface area (Å²) in [5.41, 5.74) is 0.368. The number of rotatable bonds is 11. The Labute approximate surface area is 171 Å². The molecule has 0 aliphatic heterocycles. The summed E-state index contributed by atoms with van der Waals surface area (Å²) in [4.78, 5) is 39.3. The maximum atomic E-state index is 13.0. The zero-order valence-corrected chi connectivity index (χ0v) is 18.1. The van der Waals surface area contributed by atoms with Gasteiger partial charge in [-0.2, -0.15) is 11.8 Å². The quantitative estimate of drug-likeness (QED) is 0.583. The molecule has 0 saturated heterocycles. The van der Waals surface area contributed by atoms with Crippen molar-refractivity contribution in [2.75, 3.05) is 32.2 Å². The highest BCUT2D eigenvalue weighted by atomic mass is 32.2. The number of methoxy groups -OCH3 is 1. The second-order valence-electron chi connectivity index (χ2n) is 6.58. The van der Waals surface area contributed by atoms with Crippen LogP contribution in [0.2, 0.25) is 0 Å². The third-order valence-electron chi connectivity index (χ3n) is 4.04. The van der Waals surface area contributed by atoms with Gasteiger partial charge < -0.3 is 20.3 Å². The van der Waals surface area contributed by atoms with Gasteiger partial charge in [-0.1, -0.05) is 12.1 Å². The molecule has 28 heavy (non-hydrogen) atoms. The smallest absolute Gasteiger partial charge is 0.255 e. The lowest BCUT2D eigenvalue weighted by molar-refractivity contribution is -0.137. The first kappa shape index (κ1) is 23.8. The van der Waals surface area contributed by atoms with Gasteiger partial charge in [0.2, 0.25) is 11.8 Å². The molecule has 0 aliphatic rings. The molecule has 0 aromatic heterocycles. The number of carbonyl (C=O) groups excluding carboxylic acids is 3. The molecular weight excluding hydrogens is 378 g/mol. The van der Waals surface area contributed by atoms with E-state index in [2.05, 4.69) is 10.6 Å². The molecule has 3 amide bonds. The number of para-hydroxylation sites is 1. The first-order valence-corrected chi connectivity index (χ1v) is 10.7. The van der Waals surface area contributed by atoms with Gasteiger partial charge in [0.25, 0.3) is 5.91 Å². The predicted octanol–water partition coefficient (Wildman–Crippen LogP) is 1.92. The summed E-state index contributed by atoms with van der Waals surface area (Å²) in [7, 11) is 1.49. The average molecular weight is 410 g/mol. The molecule has 1 rings (SSSR count). The molecule has 0 aliphatic carbocycles. The van der Waals surface area contributed by atoms with Gasteiger partial charge in [-0.25, -0.2) is 0 Å². The first-order chi connectivity index (χ1) is 13.3. The minimum atomic E-state index is -0.711. The zero-order valence-electron chi connectivity index (χ0n) is 17.3. The number of thioether (sulfide) groups is 1. The van der Waals surface area contributed by atoms with Crippen molar-refractivity contribution in [2.24, 2.45) is 0 Å². The van der Waals surface area contributed by atoms with Gasteiger partial charge in [-0.15, -0.1) is 0 Å². The van der Waals surface area contributed by atoms with Crippen molar-refractivity contribution >= 4 is 29.5 Å². The van der Waals surface area contributed by atoms with Crippen LogP contribution in [0.1, 0.15) is 37.6 Å². The standard InChI is InChI=1S/C20H31N3O4S/c1-6-23(13-18(24)21-14(2)3)20(26)16(11-12-28-5)22-19(25)15-9-7-8-10-17(15)27-4/h7-10,14,16H,6,11-13H2,1-5H3,(H,21,24)(H,22,25)/t16-/m1/s1. The molecular formula is C20H31N3O4S. The third kappa shape index (κ3) is 7.42. The fourth-order valence-electron chi connectivity index (χ4n) is 2.67. The molecule has 0 fully saturated rings. The van der Waals surface area contributed by atoms with Crippen molar-refractivity contribution in [1.82, 2.24) is 15.5 Å². The van der Waals surface area contributed by atoms with E-state index >= 15 is 0 Å². The van der Waals surface area contributed by atoms with Gasteiger partial charge >= 0.3 is 0 Å². The van der Waals surface area contributed by atoms with Crippen LogP contribution in [0.5, 0.6) is 5.75 Å². The van der Waals surface area contributed by atoms with E-state index in [0.717, 1.165) is 0 Å². The summed E-state index contributed by atoms with van der Waals surface area (Å²) < 4.78 is 5.23. The van der Waals surface area contributed by atoms with Gasteiger partial charge in [0, 0.05) is 12.6 Å². The summed E-state index contributed by atoms with van der Waals surface area (Å²) in [5.74, 6) is 0.293. The summed E-state index contributed by atoms with van der Waals surface area (Å²) in [6.45, 7) is 5.89. The van der Waals surface area contributed by atoms with Crippen LogP contribution in [0.4, 0.5) is 0 Å². The molecule has 2 N–H and O–H groups in total. The van der Waals surface area contributed by atoms with Crippen molar-refractivity contribution in [3.8, 4) is 5.75 Å². The third-order valence-corrected chi connectivity index (χ3v) is 4.69. The van der Waals surface area contributed by atoms with Crippen molar-refractivity contribution in [2.45, 2.75) is 39.3 Å². The number of amides is 3. The van der Waals surface area contributed by atoms with Crippen LogP contribution >= 0.6 is 11.8 Å². The lowest BCUT2D eigenvalue weighted by atomic mass is 10.1. The number of benzene rings is 1. The summed E-state index contributed by atoms with van der Waals surface area (Å²) in [6, 6.07) is 6.15. The first-order valence-electron chi connectivity index (χ1n) is 9.34. The van der Waals surface area contributed by atoms with Gasteiger partial charge in [0.05, 0.1) is 19.2 Å². The molecule has 8 heteroatoms. The Morgan fingerprint density at radius 2 is 1.86 bits per heavy atom. The van der Waals surface area contributed by atoms with Crippen molar-refractivity contribution in [3.05, 3.63) is 29.8 Å². The van der Waals surface area contributed by atoms with E-state index in [9.17, 15) is 14.4 Å². The molecule has 0 unspecified atom stereocenters. The highest BCUT2D eigenvalue weighted by Gasteiger charge is 2.27. The van der Waals surface area contributed by atoms with E-state index < -0.39 is 6.04 Å². The maximum Gasteiger partial charge on any atom is 0.255 e. The minimum absolute atomic E-state index is 0.00107. The Morgan fingerprint density at radius 3 is 2.43 bits per heavy atom. The molecule has 1 atom stereocenters. The van der Waals surface area contributed by atoms with Gasteiger partial charge in [0.15, 0.2) is 0 Å². The molecule has 0 radical (unpaired) electrons. The fourth-order valence-corrected chi connectivity index (χ4v) is 3.14. The topological polar surface area (TPSA) is 87.7 Å². The van der Waals surface area contributed by atoms with E-state index in [1.165, 1.54) is 12.0 Å². The monoisotopic (exact) mass is 409 g/mol. The van der Waals surface area contributed by atoms with E-state index in [-0.39, 0.29) is 30.3 Å². The van der Waals surface area contributed by atoms with Crippen LogP contribution in [-0.2, 0) is 9.59 Å². The summed E-state index contributed by atoms with van der Waals surface area (Å²) in [6.07, 6.45) is 2.42. The minimum Gasteiger partial charge on any atom is -0.496 e. The Bertz CT molecular complexity index is 667. The van der Waals surface area contributed by atoms with Gasteiger partial charge in [-0.05, 0) is 51.3 Å². The molecule has 156 valence electrons. The van der Waals surface area contributed by atoms with Crippen LogP contribution in [0.25, 0.3) is 0 Å². The fraction of sp³-hybridized carbons (Fsp3) is 0.550. The van der Waals surface area contributed by atoms with Crippen LogP contribution in [0.15, 0.2) is 24.3 Å². The maximum absolute atomic E-state index is 13.0. The Morgan fingerprint density at radius 1 is 1.18 bits per heavy atom. The molecule has 1 aromatic rings. The van der Waals surface area contributed by atoms with E-state index in [1.807, 2.05) is 27.0 Å². The zero-order chi connectivity index (χ0) is 21.1. The number of nitrogens with zero attached hydrogens (tertiary/aromatic N) is 1. The van der Waals surface area contributed by atoms with E-state index in [0.29, 0.717) is 30.0 Å². The number of carbonyl (C=O) groups is 3. The predicted molar refractivity (Wildman–Crippen MR) is 113 cm³/mol. The van der Waals surface area contributed by atoms with Gasteiger partial charge in [0.1, 0.15) is 11.8 Å². The van der Waals surface area contributed by atoms with Crippen molar-refractivity contribution in [3.63, 3.8) is 0 Å². The van der Waals surface area contributed by atoms with E-state index in [1.54, 1.807) is 36.0 Å². The van der Waals surface area contributed by atoms with Crippen molar-refractivity contribution in [1.29, 1.82) is 0 Å².